The van der Waals surface area contributed by atoms with Crippen LogP contribution in [0.25, 0.3) is 0 Å². The molecule has 0 spiro atoms. The standard InChI is InChI=1S/C13H19NO3S/c15-12(16)11-1-4-13(17,5-2-11)9-14-7-10-3-6-18-8-10/h3,6,8,11,14,17H,1-2,4-5,7,9H2,(H,15,16). The third kappa shape index (κ3) is 3.54. The van der Waals surface area contributed by atoms with E-state index in [-0.39, 0.29) is 5.92 Å². The van der Waals surface area contributed by atoms with Crippen molar-refractivity contribution in [3.8, 4) is 0 Å². The molecule has 1 saturated carbocycles. The molecule has 0 bridgehead atoms. The summed E-state index contributed by atoms with van der Waals surface area (Å²) in [6.07, 6.45) is 2.29. The minimum atomic E-state index is -0.734. The van der Waals surface area contributed by atoms with Crippen LogP contribution in [0.4, 0.5) is 0 Å². The summed E-state index contributed by atoms with van der Waals surface area (Å²) in [5, 5.41) is 26.6. The van der Waals surface area contributed by atoms with Crippen LogP contribution in [-0.4, -0.2) is 28.3 Å². The Hall–Kier alpha value is -0.910. The van der Waals surface area contributed by atoms with Gasteiger partial charge in [-0.05, 0) is 48.1 Å². The molecular formula is C13H19NO3S. The van der Waals surface area contributed by atoms with Crippen molar-refractivity contribution in [3.63, 3.8) is 0 Å². The van der Waals surface area contributed by atoms with Crippen LogP contribution in [-0.2, 0) is 11.3 Å². The van der Waals surface area contributed by atoms with Crippen LogP contribution >= 0.6 is 11.3 Å². The number of nitrogens with one attached hydrogen (secondary N) is 1. The molecule has 1 aliphatic rings. The second kappa shape index (κ2) is 5.82. The smallest absolute Gasteiger partial charge is 0.306 e. The van der Waals surface area contributed by atoms with Gasteiger partial charge in [0.2, 0.25) is 0 Å². The van der Waals surface area contributed by atoms with Crippen molar-refractivity contribution in [3.05, 3.63) is 22.4 Å². The highest BCUT2D eigenvalue weighted by molar-refractivity contribution is 7.07. The summed E-state index contributed by atoms with van der Waals surface area (Å²) in [5.74, 6) is -1.01. The first-order chi connectivity index (χ1) is 8.59. The topological polar surface area (TPSA) is 69.6 Å². The highest BCUT2D eigenvalue weighted by Gasteiger charge is 2.35. The molecule has 3 N–H and O–H groups in total. The van der Waals surface area contributed by atoms with Crippen LogP contribution in [0.15, 0.2) is 16.8 Å². The van der Waals surface area contributed by atoms with E-state index in [2.05, 4.69) is 16.8 Å². The van der Waals surface area contributed by atoms with Gasteiger partial charge in [0, 0.05) is 13.1 Å². The largest absolute Gasteiger partial charge is 0.481 e. The van der Waals surface area contributed by atoms with Crippen LogP contribution in [0.1, 0.15) is 31.2 Å². The fourth-order valence-corrected chi connectivity index (χ4v) is 3.08. The Labute approximate surface area is 111 Å². The van der Waals surface area contributed by atoms with Crippen molar-refractivity contribution in [2.45, 2.75) is 37.8 Å². The van der Waals surface area contributed by atoms with Gasteiger partial charge in [0.25, 0.3) is 0 Å². The number of hydrogen-bond donors (Lipinski definition) is 3. The summed E-state index contributed by atoms with van der Waals surface area (Å²) < 4.78 is 0. The number of aliphatic hydroxyl groups is 1. The third-order valence-corrected chi connectivity index (χ3v) is 4.36. The Kier molecular flexibility index (Phi) is 4.37. The predicted molar refractivity (Wildman–Crippen MR) is 70.6 cm³/mol. The van der Waals surface area contributed by atoms with Crippen molar-refractivity contribution in [1.82, 2.24) is 5.32 Å². The van der Waals surface area contributed by atoms with E-state index in [1.54, 1.807) is 11.3 Å². The molecule has 0 aromatic carbocycles. The van der Waals surface area contributed by atoms with Gasteiger partial charge in [-0.1, -0.05) is 0 Å². The van der Waals surface area contributed by atoms with Crippen LogP contribution in [0.5, 0.6) is 0 Å². The first-order valence-electron chi connectivity index (χ1n) is 6.26. The van der Waals surface area contributed by atoms with Gasteiger partial charge >= 0.3 is 5.97 Å². The number of carboxylic acid groups (broad SMARTS) is 1. The fourth-order valence-electron chi connectivity index (χ4n) is 2.41. The van der Waals surface area contributed by atoms with Crippen LogP contribution in [0.2, 0.25) is 0 Å². The summed E-state index contributed by atoms with van der Waals surface area (Å²) in [6.45, 7) is 1.29. The van der Waals surface area contributed by atoms with Crippen LogP contribution < -0.4 is 5.32 Å². The van der Waals surface area contributed by atoms with Gasteiger partial charge in [0.15, 0.2) is 0 Å². The molecule has 100 valence electrons. The minimum Gasteiger partial charge on any atom is -0.481 e. The molecule has 0 atom stereocenters. The van der Waals surface area contributed by atoms with Gasteiger partial charge in [-0.25, -0.2) is 0 Å². The number of aliphatic carboxylic acids is 1. The molecule has 1 aromatic heterocycles. The summed E-state index contributed by atoms with van der Waals surface area (Å²) in [4.78, 5) is 10.8. The summed E-state index contributed by atoms with van der Waals surface area (Å²) in [6, 6.07) is 2.06. The summed E-state index contributed by atoms with van der Waals surface area (Å²) in [7, 11) is 0. The number of carbonyl (C=O) groups is 1. The summed E-state index contributed by atoms with van der Waals surface area (Å²) in [5.41, 5.74) is 0.491. The lowest BCUT2D eigenvalue weighted by Crippen LogP contribution is -2.44. The normalized spacial score (nSPS) is 28.2. The van der Waals surface area contributed by atoms with Crippen molar-refractivity contribution in [2.24, 2.45) is 5.92 Å². The fraction of sp³-hybridized carbons (Fsp3) is 0.615. The van der Waals surface area contributed by atoms with Crippen molar-refractivity contribution in [2.75, 3.05) is 6.54 Å². The van der Waals surface area contributed by atoms with E-state index in [9.17, 15) is 9.90 Å². The maximum atomic E-state index is 10.8. The highest BCUT2D eigenvalue weighted by Crippen LogP contribution is 2.31. The molecule has 4 nitrogen and oxygen atoms in total. The van der Waals surface area contributed by atoms with Crippen LogP contribution in [0, 0.1) is 5.92 Å². The van der Waals surface area contributed by atoms with Gasteiger partial charge in [-0.2, -0.15) is 11.3 Å². The van der Waals surface area contributed by atoms with Gasteiger partial charge in [0.05, 0.1) is 11.5 Å². The molecule has 0 amide bonds. The Balaban J connectivity index is 1.74. The Morgan fingerprint density at radius 1 is 1.50 bits per heavy atom. The van der Waals surface area contributed by atoms with Crippen molar-refractivity contribution < 1.29 is 15.0 Å². The quantitative estimate of drug-likeness (QED) is 0.763. The first kappa shape index (κ1) is 13.5. The van der Waals surface area contributed by atoms with Crippen molar-refractivity contribution >= 4 is 17.3 Å². The van der Waals surface area contributed by atoms with Gasteiger partial charge in [-0.3, -0.25) is 4.79 Å². The lowest BCUT2D eigenvalue weighted by atomic mass is 9.79. The second-order valence-electron chi connectivity index (χ2n) is 5.07. The molecule has 0 unspecified atom stereocenters. The first-order valence-corrected chi connectivity index (χ1v) is 7.20. The van der Waals surface area contributed by atoms with E-state index < -0.39 is 11.6 Å². The van der Waals surface area contributed by atoms with E-state index in [0.29, 0.717) is 32.2 Å². The Morgan fingerprint density at radius 3 is 2.78 bits per heavy atom. The zero-order valence-electron chi connectivity index (χ0n) is 10.3. The summed E-state index contributed by atoms with van der Waals surface area (Å²) >= 11 is 1.66. The van der Waals surface area contributed by atoms with E-state index >= 15 is 0 Å². The average molecular weight is 269 g/mol. The maximum absolute atomic E-state index is 10.8. The van der Waals surface area contributed by atoms with Crippen molar-refractivity contribution in [1.29, 1.82) is 0 Å². The third-order valence-electron chi connectivity index (χ3n) is 3.63. The molecule has 1 aliphatic carbocycles. The van der Waals surface area contributed by atoms with Gasteiger partial charge in [-0.15, -0.1) is 0 Å². The van der Waals surface area contributed by atoms with E-state index in [1.807, 2.05) is 5.38 Å². The maximum Gasteiger partial charge on any atom is 0.306 e. The Bertz CT molecular complexity index is 383. The van der Waals surface area contributed by atoms with E-state index in [0.717, 1.165) is 6.54 Å². The Morgan fingerprint density at radius 2 is 2.22 bits per heavy atom. The minimum absolute atomic E-state index is 0.276. The van der Waals surface area contributed by atoms with Crippen LogP contribution in [0.3, 0.4) is 0 Å². The van der Waals surface area contributed by atoms with E-state index in [4.69, 9.17) is 5.11 Å². The lowest BCUT2D eigenvalue weighted by Gasteiger charge is -2.34. The zero-order chi connectivity index (χ0) is 13.0. The SMILES string of the molecule is O=C(O)C1CCC(O)(CNCc2ccsc2)CC1. The second-order valence-corrected chi connectivity index (χ2v) is 5.85. The van der Waals surface area contributed by atoms with Gasteiger partial charge in [0.1, 0.15) is 0 Å². The molecule has 0 radical (unpaired) electrons. The molecule has 2 rings (SSSR count). The molecule has 1 heterocycles. The molecule has 18 heavy (non-hydrogen) atoms. The molecular weight excluding hydrogens is 250 g/mol. The predicted octanol–water partition coefficient (Wildman–Crippen LogP) is 1.84. The number of carboxylic acids is 1. The molecule has 5 heteroatoms. The number of rotatable bonds is 5. The molecule has 0 aliphatic heterocycles. The molecule has 1 fully saturated rings. The zero-order valence-corrected chi connectivity index (χ0v) is 11.1. The molecule has 0 saturated heterocycles. The number of thiophene rings is 1. The lowest BCUT2D eigenvalue weighted by molar-refractivity contribution is -0.144. The highest BCUT2D eigenvalue weighted by atomic mass is 32.1. The van der Waals surface area contributed by atoms with Gasteiger partial charge < -0.3 is 15.5 Å². The average Bonchev–Trinajstić information content (AvgIpc) is 2.82. The van der Waals surface area contributed by atoms with E-state index in [1.165, 1.54) is 5.56 Å². The number of hydrogen-bond acceptors (Lipinski definition) is 4. The monoisotopic (exact) mass is 269 g/mol. The molecule has 1 aromatic rings.